The van der Waals surface area contributed by atoms with Crippen LogP contribution in [0.3, 0.4) is 0 Å². The second-order valence-corrected chi connectivity index (χ2v) is 9.11. The predicted molar refractivity (Wildman–Crippen MR) is 143 cm³/mol. The number of anilines is 2. The summed E-state index contributed by atoms with van der Waals surface area (Å²) < 4.78 is 4.97. The van der Waals surface area contributed by atoms with Gasteiger partial charge >= 0.3 is 5.97 Å². The Hall–Kier alpha value is -3.71. The van der Waals surface area contributed by atoms with Gasteiger partial charge < -0.3 is 20.7 Å². The highest BCUT2D eigenvalue weighted by Crippen LogP contribution is 2.42. The van der Waals surface area contributed by atoms with Gasteiger partial charge in [0, 0.05) is 31.2 Å². The summed E-state index contributed by atoms with van der Waals surface area (Å²) in [4.78, 5) is 29.3. The minimum Gasteiger partial charge on any atom is -0.465 e. The van der Waals surface area contributed by atoms with Crippen molar-refractivity contribution in [3.8, 4) is 11.1 Å². The van der Waals surface area contributed by atoms with E-state index in [0.717, 1.165) is 57.6 Å². The molecule has 7 heteroatoms. The molecule has 0 atom stereocenters. The fourth-order valence-corrected chi connectivity index (χ4v) is 4.50. The molecule has 0 bridgehead atoms. The summed E-state index contributed by atoms with van der Waals surface area (Å²) in [7, 11) is 1.92. The molecule has 1 fully saturated rings. The molecule has 0 aliphatic heterocycles. The van der Waals surface area contributed by atoms with Crippen molar-refractivity contribution in [2.24, 2.45) is 0 Å². The average Bonchev–Trinajstić information content (AvgIpc) is 3.71. The van der Waals surface area contributed by atoms with Crippen molar-refractivity contribution in [2.45, 2.75) is 46.1 Å². The van der Waals surface area contributed by atoms with Gasteiger partial charge in [-0.25, -0.2) is 0 Å². The number of carbonyl (C=O) groups is 2. The Labute approximate surface area is 212 Å². The summed E-state index contributed by atoms with van der Waals surface area (Å²) >= 11 is 0. The molecule has 4 rings (SSSR count). The number of pyridine rings is 1. The van der Waals surface area contributed by atoms with Crippen molar-refractivity contribution in [1.82, 2.24) is 10.3 Å². The molecule has 1 heterocycles. The maximum atomic E-state index is 13.2. The first-order chi connectivity index (χ1) is 17.4. The van der Waals surface area contributed by atoms with Crippen molar-refractivity contribution >= 4 is 23.3 Å². The summed E-state index contributed by atoms with van der Waals surface area (Å²) in [5.74, 6) is -0.0739. The molecular weight excluding hydrogens is 452 g/mol. The van der Waals surface area contributed by atoms with Crippen LogP contribution < -0.4 is 16.0 Å². The van der Waals surface area contributed by atoms with Crippen LogP contribution in [-0.4, -0.2) is 37.1 Å². The molecule has 3 aromatic rings. The molecule has 1 saturated carbocycles. The van der Waals surface area contributed by atoms with Crippen LogP contribution in [0.1, 0.15) is 58.4 Å². The molecule has 1 amide bonds. The topological polar surface area (TPSA) is 92.3 Å². The van der Waals surface area contributed by atoms with E-state index in [0.29, 0.717) is 24.8 Å². The molecule has 7 nitrogen and oxygen atoms in total. The Balaban J connectivity index is 1.52. The standard InChI is InChI=1S/C29H34N4O3/c1-5-36-28(34)17-31-15-21-16-32-27(14-24(21)20-12-13-20)29(35)33-26-11-7-9-23(19(26)3)22-8-6-10-25(30-4)18(22)2/h6-11,14,16,20,30-31H,5,12-13,15,17H2,1-4H3,(H,33,35). The number of hydrogen-bond donors (Lipinski definition) is 3. The molecule has 36 heavy (non-hydrogen) atoms. The number of benzene rings is 2. The van der Waals surface area contributed by atoms with E-state index in [1.165, 1.54) is 0 Å². The normalized spacial score (nSPS) is 12.8. The number of esters is 1. The number of hydrogen-bond acceptors (Lipinski definition) is 6. The summed E-state index contributed by atoms with van der Waals surface area (Å²) in [6.45, 7) is 6.93. The van der Waals surface area contributed by atoms with Crippen LogP contribution in [0.2, 0.25) is 0 Å². The first-order valence-electron chi connectivity index (χ1n) is 12.5. The number of carbonyl (C=O) groups excluding carboxylic acids is 2. The third-order valence-corrected chi connectivity index (χ3v) is 6.64. The van der Waals surface area contributed by atoms with Gasteiger partial charge in [0.2, 0.25) is 0 Å². The minimum absolute atomic E-state index is 0.145. The van der Waals surface area contributed by atoms with Crippen LogP contribution >= 0.6 is 0 Å². The lowest BCUT2D eigenvalue weighted by Crippen LogP contribution is -2.25. The molecule has 0 unspecified atom stereocenters. The van der Waals surface area contributed by atoms with Crippen LogP contribution in [0.25, 0.3) is 11.1 Å². The molecule has 3 N–H and O–H groups in total. The summed E-state index contributed by atoms with van der Waals surface area (Å²) in [6.07, 6.45) is 3.95. The van der Waals surface area contributed by atoms with Gasteiger partial charge in [-0.1, -0.05) is 24.3 Å². The van der Waals surface area contributed by atoms with Gasteiger partial charge in [0.25, 0.3) is 5.91 Å². The lowest BCUT2D eigenvalue weighted by molar-refractivity contribution is -0.142. The van der Waals surface area contributed by atoms with Crippen molar-refractivity contribution in [2.75, 3.05) is 30.8 Å². The van der Waals surface area contributed by atoms with Crippen LogP contribution in [0, 0.1) is 13.8 Å². The van der Waals surface area contributed by atoms with Gasteiger partial charge in [-0.15, -0.1) is 0 Å². The summed E-state index contributed by atoms with van der Waals surface area (Å²) in [6, 6.07) is 14.0. The van der Waals surface area contributed by atoms with E-state index in [-0.39, 0.29) is 18.4 Å². The number of ether oxygens (including phenoxy) is 1. The Kier molecular flexibility index (Phi) is 8.00. The largest absolute Gasteiger partial charge is 0.465 e. The zero-order chi connectivity index (χ0) is 25.7. The Morgan fingerprint density at radius 2 is 1.69 bits per heavy atom. The summed E-state index contributed by atoms with van der Waals surface area (Å²) in [5.41, 5.74) is 8.74. The first kappa shape index (κ1) is 25.4. The van der Waals surface area contributed by atoms with Gasteiger partial charge in [-0.05, 0) is 91.1 Å². The van der Waals surface area contributed by atoms with Crippen LogP contribution in [0.15, 0.2) is 48.7 Å². The molecular formula is C29H34N4O3. The second kappa shape index (κ2) is 11.4. The van der Waals surface area contributed by atoms with Crippen LogP contribution in [0.4, 0.5) is 11.4 Å². The van der Waals surface area contributed by atoms with Crippen molar-refractivity contribution in [3.63, 3.8) is 0 Å². The lowest BCUT2D eigenvalue weighted by atomic mass is 9.94. The Morgan fingerprint density at radius 3 is 2.33 bits per heavy atom. The molecule has 188 valence electrons. The zero-order valence-electron chi connectivity index (χ0n) is 21.4. The SMILES string of the molecule is CCOC(=O)CNCc1cnc(C(=O)Nc2cccc(-c3cccc(NC)c3C)c2C)cc1C1CC1. The number of amides is 1. The Morgan fingerprint density at radius 1 is 1.03 bits per heavy atom. The average molecular weight is 487 g/mol. The van der Waals surface area contributed by atoms with E-state index < -0.39 is 0 Å². The molecule has 0 radical (unpaired) electrons. The van der Waals surface area contributed by atoms with Gasteiger partial charge in [0.1, 0.15) is 5.69 Å². The third-order valence-electron chi connectivity index (χ3n) is 6.64. The van der Waals surface area contributed by atoms with E-state index in [2.05, 4.69) is 46.1 Å². The maximum absolute atomic E-state index is 13.2. The first-order valence-corrected chi connectivity index (χ1v) is 12.5. The fourth-order valence-electron chi connectivity index (χ4n) is 4.50. The smallest absolute Gasteiger partial charge is 0.319 e. The monoisotopic (exact) mass is 486 g/mol. The predicted octanol–water partition coefficient (Wildman–Crippen LogP) is 5.19. The minimum atomic E-state index is -0.278. The molecule has 2 aromatic carbocycles. The molecule has 1 aromatic heterocycles. The number of rotatable bonds is 10. The van der Waals surface area contributed by atoms with E-state index in [1.54, 1.807) is 13.1 Å². The van der Waals surface area contributed by atoms with Gasteiger partial charge in [0.15, 0.2) is 0 Å². The number of nitrogens with one attached hydrogen (secondary N) is 3. The van der Waals surface area contributed by atoms with Gasteiger partial charge in [-0.2, -0.15) is 0 Å². The summed E-state index contributed by atoms with van der Waals surface area (Å²) in [5, 5.41) is 9.42. The van der Waals surface area contributed by atoms with Crippen LogP contribution in [0.5, 0.6) is 0 Å². The van der Waals surface area contributed by atoms with Gasteiger partial charge in [0.05, 0.1) is 13.2 Å². The van der Waals surface area contributed by atoms with E-state index >= 15 is 0 Å². The highest BCUT2D eigenvalue weighted by molar-refractivity contribution is 6.04. The zero-order valence-corrected chi connectivity index (χ0v) is 21.4. The van der Waals surface area contributed by atoms with Crippen molar-refractivity contribution in [3.05, 3.63) is 76.6 Å². The highest BCUT2D eigenvalue weighted by Gasteiger charge is 2.27. The molecule has 0 spiro atoms. The highest BCUT2D eigenvalue weighted by atomic mass is 16.5. The molecule has 0 saturated heterocycles. The van der Waals surface area contributed by atoms with Crippen molar-refractivity contribution < 1.29 is 14.3 Å². The van der Waals surface area contributed by atoms with Crippen molar-refractivity contribution in [1.29, 1.82) is 0 Å². The molecule has 1 aliphatic carbocycles. The Bertz CT molecular complexity index is 1270. The maximum Gasteiger partial charge on any atom is 0.319 e. The molecule has 1 aliphatic rings. The third kappa shape index (κ3) is 5.74. The van der Waals surface area contributed by atoms with E-state index in [9.17, 15) is 9.59 Å². The second-order valence-electron chi connectivity index (χ2n) is 9.11. The number of nitrogens with zero attached hydrogens (tertiary/aromatic N) is 1. The fraction of sp³-hybridized carbons (Fsp3) is 0.345. The van der Waals surface area contributed by atoms with E-state index in [4.69, 9.17) is 4.74 Å². The lowest BCUT2D eigenvalue weighted by Gasteiger charge is -2.16. The van der Waals surface area contributed by atoms with Crippen LogP contribution in [-0.2, 0) is 16.1 Å². The van der Waals surface area contributed by atoms with Gasteiger partial charge in [-0.3, -0.25) is 14.6 Å². The quantitative estimate of drug-likeness (QED) is 0.342. The number of aromatic nitrogens is 1. The van der Waals surface area contributed by atoms with E-state index in [1.807, 2.05) is 38.2 Å².